The molecule has 0 aromatic carbocycles. The molecule has 1 saturated carbocycles. The van der Waals surface area contributed by atoms with Crippen LogP contribution in [0.15, 0.2) is 6.20 Å². The predicted octanol–water partition coefficient (Wildman–Crippen LogP) is 2.24. The van der Waals surface area contributed by atoms with E-state index in [0.717, 1.165) is 45.2 Å². The summed E-state index contributed by atoms with van der Waals surface area (Å²) in [4.78, 5) is 13.9. The number of aromatic carboxylic acids is 1. The van der Waals surface area contributed by atoms with Gasteiger partial charge < -0.3 is 14.7 Å². The fraction of sp³-hybridized carbons (Fsp3) is 0.750. The van der Waals surface area contributed by atoms with Crippen LogP contribution in [0.1, 0.15) is 49.0 Å². The molecule has 0 radical (unpaired) electrons. The number of hydrogen-bond acceptors (Lipinski definition) is 4. The zero-order chi connectivity index (χ0) is 15.5. The van der Waals surface area contributed by atoms with E-state index in [4.69, 9.17) is 4.74 Å². The molecule has 1 aromatic rings. The number of nitrogens with zero attached hydrogens (tertiary/aromatic N) is 3. The first-order valence-electron chi connectivity index (χ1n) is 8.28. The van der Waals surface area contributed by atoms with Gasteiger partial charge in [0.2, 0.25) is 0 Å². The molecular weight excluding hydrogens is 282 g/mol. The first-order chi connectivity index (χ1) is 10.6. The third kappa shape index (κ3) is 3.43. The van der Waals surface area contributed by atoms with Crippen LogP contribution in [0.3, 0.4) is 0 Å². The lowest BCUT2D eigenvalue weighted by Gasteiger charge is -2.22. The quantitative estimate of drug-likeness (QED) is 0.903. The van der Waals surface area contributed by atoms with Gasteiger partial charge in [-0.1, -0.05) is 6.42 Å². The minimum Gasteiger partial charge on any atom is -0.486 e. The van der Waals surface area contributed by atoms with Crippen LogP contribution in [-0.4, -0.2) is 52.0 Å². The first kappa shape index (κ1) is 15.3. The molecule has 1 unspecified atom stereocenters. The molecule has 2 fully saturated rings. The summed E-state index contributed by atoms with van der Waals surface area (Å²) < 4.78 is 7.55. The third-order valence-electron chi connectivity index (χ3n) is 4.77. The lowest BCUT2D eigenvalue weighted by Crippen LogP contribution is -2.22. The Morgan fingerprint density at radius 3 is 2.77 bits per heavy atom. The van der Waals surface area contributed by atoms with Gasteiger partial charge in [-0.25, -0.2) is 4.79 Å². The SMILES string of the molecule is CN1CCC(Cn2ncc(OC3CCCCC3)c2C(=O)O)C1. The van der Waals surface area contributed by atoms with Crippen molar-refractivity contribution in [2.45, 2.75) is 51.2 Å². The van der Waals surface area contributed by atoms with Gasteiger partial charge >= 0.3 is 5.97 Å². The van der Waals surface area contributed by atoms with Crippen LogP contribution in [-0.2, 0) is 6.54 Å². The molecule has 3 rings (SSSR count). The Morgan fingerprint density at radius 2 is 2.14 bits per heavy atom. The molecule has 22 heavy (non-hydrogen) atoms. The largest absolute Gasteiger partial charge is 0.486 e. The molecular formula is C16H25N3O3. The summed E-state index contributed by atoms with van der Waals surface area (Å²) in [6.07, 6.45) is 8.41. The number of carboxylic acid groups (broad SMARTS) is 1. The van der Waals surface area contributed by atoms with E-state index in [9.17, 15) is 9.90 Å². The van der Waals surface area contributed by atoms with Crippen LogP contribution in [0.2, 0.25) is 0 Å². The molecule has 1 aromatic heterocycles. The number of carboxylic acids is 1. The second-order valence-corrected chi connectivity index (χ2v) is 6.64. The highest BCUT2D eigenvalue weighted by atomic mass is 16.5. The monoisotopic (exact) mass is 307 g/mol. The molecule has 1 atom stereocenters. The van der Waals surface area contributed by atoms with Gasteiger partial charge in [0.15, 0.2) is 11.4 Å². The fourth-order valence-corrected chi connectivity index (χ4v) is 3.59. The zero-order valence-corrected chi connectivity index (χ0v) is 13.2. The Kier molecular flexibility index (Phi) is 4.66. The van der Waals surface area contributed by atoms with Gasteiger partial charge in [0.25, 0.3) is 0 Å². The molecule has 2 heterocycles. The molecule has 6 nitrogen and oxygen atoms in total. The summed E-state index contributed by atoms with van der Waals surface area (Å²) in [5.41, 5.74) is 0.208. The van der Waals surface area contributed by atoms with Gasteiger partial charge in [0, 0.05) is 13.1 Å². The van der Waals surface area contributed by atoms with E-state index in [0.29, 0.717) is 18.2 Å². The van der Waals surface area contributed by atoms with Gasteiger partial charge in [0.1, 0.15) is 0 Å². The summed E-state index contributed by atoms with van der Waals surface area (Å²) >= 11 is 0. The molecule has 1 aliphatic heterocycles. The normalized spacial score (nSPS) is 23.8. The number of aromatic nitrogens is 2. The van der Waals surface area contributed by atoms with Crippen molar-refractivity contribution in [3.63, 3.8) is 0 Å². The topological polar surface area (TPSA) is 67.6 Å². The highest BCUT2D eigenvalue weighted by Crippen LogP contribution is 2.27. The molecule has 1 saturated heterocycles. The molecule has 0 spiro atoms. The maximum atomic E-state index is 11.6. The number of hydrogen-bond donors (Lipinski definition) is 1. The van der Waals surface area contributed by atoms with Crippen molar-refractivity contribution in [2.24, 2.45) is 5.92 Å². The Balaban J connectivity index is 1.72. The summed E-state index contributed by atoms with van der Waals surface area (Å²) in [7, 11) is 2.10. The van der Waals surface area contributed by atoms with Crippen molar-refractivity contribution in [1.29, 1.82) is 0 Å². The van der Waals surface area contributed by atoms with E-state index in [1.54, 1.807) is 10.9 Å². The van der Waals surface area contributed by atoms with Crippen molar-refractivity contribution in [3.05, 3.63) is 11.9 Å². The van der Waals surface area contributed by atoms with Gasteiger partial charge in [-0.3, -0.25) is 4.68 Å². The van der Waals surface area contributed by atoms with E-state index in [-0.39, 0.29) is 11.8 Å². The third-order valence-corrected chi connectivity index (χ3v) is 4.77. The zero-order valence-electron chi connectivity index (χ0n) is 13.2. The standard InChI is InChI=1S/C16H25N3O3/c1-18-8-7-12(10-18)11-19-15(16(20)21)14(9-17-19)22-13-5-3-2-4-6-13/h9,12-13H,2-8,10-11H2,1H3,(H,20,21). The van der Waals surface area contributed by atoms with Crippen molar-refractivity contribution in [1.82, 2.24) is 14.7 Å². The average molecular weight is 307 g/mol. The molecule has 122 valence electrons. The van der Waals surface area contributed by atoms with Crippen LogP contribution in [0.25, 0.3) is 0 Å². The van der Waals surface area contributed by atoms with Crippen LogP contribution in [0.5, 0.6) is 5.75 Å². The lowest BCUT2D eigenvalue weighted by atomic mass is 9.98. The summed E-state index contributed by atoms with van der Waals surface area (Å²) in [6, 6.07) is 0. The molecule has 6 heteroatoms. The molecule has 2 aliphatic rings. The van der Waals surface area contributed by atoms with Crippen molar-refractivity contribution >= 4 is 5.97 Å². The van der Waals surface area contributed by atoms with Gasteiger partial charge in [-0.05, 0) is 51.6 Å². The molecule has 1 N–H and O–H groups in total. The maximum absolute atomic E-state index is 11.6. The summed E-state index contributed by atoms with van der Waals surface area (Å²) in [5.74, 6) is -0.0501. The minimum absolute atomic E-state index is 0.141. The Morgan fingerprint density at radius 1 is 1.36 bits per heavy atom. The van der Waals surface area contributed by atoms with Gasteiger partial charge in [0.05, 0.1) is 12.3 Å². The fourth-order valence-electron chi connectivity index (χ4n) is 3.59. The number of likely N-dealkylation sites (tertiary alicyclic amines) is 1. The van der Waals surface area contributed by atoms with E-state index < -0.39 is 5.97 Å². The summed E-state index contributed by atoms with van der Waals surface area (Å²) in [6.45, 7) is 2.72. The second kappa shape index (κ2) is 6.69. The molecule has 0 amide bonds. The molecule has 0 bridgehead atoms. The van der Waals surface area contributed by atoms with E-state index >= 15 is 0 Å². The van der Waals surface area contributed by atoms with Gasteiger partial charge in [-0.2, -0.15) is 5.10 Å². The number of ether oxygens (including phenoxy) is 1. The van der Waals surface area contributed by atoms with Crippen LogP contribution >= 0.6 is 0 Å². The first-order valence-corrected chi connectivity index (χ1v) is 8.28. The second-order valence-electron chi connectivity index (χ2n) is 6.64. The minimum atomic E-state index is -0.949. The van der Waals surface area contributed by atoms with E-state index in [1.807, 2.05) is 0 Å². The average Bonchev–Trinajstić information content (AvgIpc) is 3.07. The van der Waals surface area contributed by atoms with Crippen molar-refractivity contribution in [3.8, 4) is 5.75 Å². The Hall–Kier alpha value is -1.56. The highest BCUT2D eigenvalue weighted by Gasteiger charge is 2.26. The summed E-state index contributed by atoms with van der Waals surface area (Å²) in [5, 5.41) is 13.8. The predicted molar refractivity (Wildman–Crippen MR) is 82.3 cm³/mol. The van der Waals surface area contributed by atoms with Gasteiger partial charge in [-0.15, -0.1) is 0 Å². The smallest absolute Gasteiger partial charge is 0.358 e. The maximum Gasteiger partial charge on any atom is 0.358 e. The Bertz CT molecular complexity index is 498. The molecule has 1 aliphatic carbocycles. The van der Waals surface area contributed by atoms with E-state index in [2.05, 4.69) is 17.0 Å². The van der Waals surface area contributed by atoms with Crippen LogP contribution in [0.4, 0.5) is 0 Å². The Labute approximate surface area is 131 Å². The van der Waals surface area contributed by atoms with Crippen LogP contribution < -0.4 is 4.74 Å². The van der Waals surface area contributed by atoms with Crippen molar-refractivity contribution < 1.29 is 14.6 Å². The number of carbonyl (C=O) groups is 1. The van der Waals surface area contributed by atoms with Crippen molar-refractivity contribution in [2.75, 3.05) is 20.1 Å². The number of rotatable bonds is 5. The van der Waals surface area contributed by atoms with Crippen LogP contribution in [0, 0.1) is 5.92 Å². The van der Waals surface area contributed by atoms with E-state index in [1.165, 1.54) is 6.42 Å². The highest BCUT2D eigenvalue weighted by molar-refractivity contribution is 5.88. The lowest BCUT2D eigenvalue weighted by molar-refractivity contribution is 0.0670.